The first-order chi connectivity index (χ1) is 10.3. The van der Waals surface area contributed by atoms with Gasteiger partial charge in [0.1, 0.15) is 6.10 Å². The zero-order valence-corrected chi connectivity index (χ0v) is 13.3. The van der Waals surface area contributed by atoms with Gasteiger partial charge in [-0.25, -0.2) is 0 Å². The van der Waals surface area contributed by atoms with Crippen LogP contribution in [-0.4, -0.2) is 30.1 Å². The zero-order chi connectivity index (χ0) is 15.3. The summed E-state index contributed by atoms with van der Waals surface area (Å²) in [4.78, 5) is 0. The van der Waals surface area contributed by atoms with Gasteiger partial charge in [-0.05, 0) is 11.1 Å². The number of hydrogen-bond donors (Lipinski definition) is 1. The van der Waals surface area contributed by atoms with Gasteiger partial charge < -0.3 is 9.84 Å². The Morgan fingerprint density at radius 1 is 0.762 bits per heavy atom. The lowest BCUT2D eigenvalue weighted by molar-refractivity contribution is 0.165. The highest BCUT2D eigenvalue weighted by atomic mass is 35.5. The van der Waals surface area contributed by atoms with Crippen molar-refractivity contribution >= 4 is 23.2 Å². The van der Waals surface area contributed by atoms with E-state index in [1.807, 2.05) is 60.7 Å². The van der Waals surface area contributed by atoms with Gasteiger partial charge in [-0.15, -0.1) is 23.2 Å². The van der Waals surface area contributed by atoms with Crippen molar-refractivity contribution in [3.63, 3.8) is 0 Å². The summed E-state index contributed by atoms with van der Waals surface area (Å²) >= 11 is 10.5. The van der Waals surface area contributed by atoms with Gasteiger partial charge in [0.15, 0.2) is 0 Å². The number of hydrogen-bond acceptors (Lipinski definition) is 2. The molecule has 0 aliphatic carbocycles. The van der Waals surface area contributed by atoms with E-state index in [1.165, 1.54) is 0 Å². The lowest BCUT2D eigenvalue weighted by Gasteiger charge is -2.10. The Morgan fingerprint density at radius 3 is 1.48 bits per heavy atom. The molecule has 2 nitrogen and oxygen atoms in total. The van der Waals surface area contributed by atoms with Crippen LogP contribution in [0.1, 0.15) is 17.2 Å². The molecule has 0 heterocycles. The average molecular weight is 327 g/mol. The summed E-state index contributed by atoms with van der Waals surface area (Å²) in [5.41, 5.74) is 1.86. The monoisotopic (exact) mass is 326 g/mol. The van der Waals surface area contributed by atoms with E-state index in [9.17, 15) is 5.11 Å². The van der Waals surface area contributed by atoms with E-state index in [-0.39, 0.29) is 0 Å². The molecule has 21 heavy (non-hydrogen) atoms. The molecule has 2 aromatic rings. The fraction of sp³-hybridized carbons (Fsp3) is 0.294. The summed E-state index contributed by atoms with van der Waals surface area (Å²) in [5, 5.41) is 9.99. The molecule has 0 spiro atoms. The minimum Gasteiger partial charge on any atom is -0.384 e. The van der Waals surface area contributed by atoms with Crippen LogP contribution in [0.5, 0.6) is 0 Å². The Hall–Kier alpha value is -1.06. The normalized spacial score (nSPS) is 10.1. The summed E-state index contributed by atoms with van der Waals surface area (Å²) in [7, 11) is 0. The molecule has 114 valence electrons. The van der Waals surface area contributed by atoms with Gasteiger partial charge in [-0.3, -0.25) is 0 Å². The Balaban J connectivity index is 0.000000270. The van der Waals surface area contributed by atoms with Crippen LogP contribution in [0.2, 0.25) is 0 Å². The summed E-state index contributed by atoms with van der Waals surface area (Å²) in [6.45, 7) is 1.21. The Bertz CT molecular complexity index is 419. The smallest absolute Gasteiger partial charge is 0.104 e. The minimum absolute atomic E-state index is 0.516. The second-order valence-corrected chi connectivity index (χ2v) is 4.97. The van der Waals surface area contributed by atoms with Crippen molar-refractivity contribution in [1.29, 1.82) is 0 Å². The van der Waals surface area contributed by atoms with Crippen LogP contribution >= 0.6 is 23.2 Å². The first-order valence-electron chi connectivity index (χ1n) is 6.77. The number of rotatable bonds is 6. The number of benzene rings is 2. The second kappa shape index (κ2) is 11.6. The van der Waals surface area contributed by atoms with Crippen molar-refractivity contribution in [2.24, 2.45) is 0 Å². The van der Waals surface area contributed by atoms with Gasteiger partial charge in [-0.2, -0.15) is 0 Å². The molecular weight excluding hydrogens is 307 g/mol. The molecule has 0 aliphatic heterocycles. The number of ether oxygens (including phenoxy) is 1. The summed E-state index contributed by atoms with van der Waals surface area (Å²) in [5.74, 6) is 1.10. The fourth-order valence-corrected chi connectivity index (χ4v) is 1.89. The van der Waals surface area contributed by atoms with Crippen LogP contribution in [0.3, 0.4) is 0 Å². The van der Waals surface area contributed by atoms with E-state index < -0.39 is 6.10 Å². The second-order valence-electron chi connectivity index (χ2n) is 4.21. The van der Waals surface area contributed by atoms with E-state index in [1.54, 1.807) is 0 Å². The van der Waals surface area contributed by atoms with E-state index in [2.05, 4.69) is 0 Å². The molecule has 0 atom stereocenters. The number of alkyl halides is 2. The zero-order valence-electron chi connectivity index (χ0n) is 11.8. The molecule has 2 rings (SSSR count). The lowest BCUT2D eigenvalue weighted by Crippen LogP contribution is -1.98. The van der Waals surface area contributed by atoms with Crippen LogP contribution < -0.4 is 0 Å². The molecule has 4 heteroatoms. The molecular formula is C17H20Cl2O2. The maximum Gasteiger partial charge on any atom is 0.104 e. The Labute approximate surface area is 136 Å². The molecule has 2 aromatic carbocycles. The quantitative estimate of drug-likeness (QED) is 0.635. The largest absolute Gasteiger partial charge is 0.384 e. The standard InChI is InChI=1S/C13H12O.C4H8Cl2O/c14-13(11-7-3-1-4-8-11)12-9-5-2-6-10-12;5-1-3-7-4-2-6/h1-10,13-14H;1-4H2. The van der Waals surface area contributed by atoms with Crippen molar-refractivity contribution in [2.45, 2.75) is 6.10 Å². The highest BCUT2D eigenvalue weighted by Gasteiger charge is 2.07. The molecule has 0 saturated heterocycles. The van der Waals surface area contributed by atoms with E-state index in [0.717, 1.165) is 11.1 Å². The highest BCUT2D eigenvalue weighted by molar-refractivity contribution is 6.18. The van der Waals surface area contributed by atoms with Crippen molar-refractivity contribution < 1.29 is 9.84 Å². The van der Waals surface area contributed by atoms with E-state index in [0.29, 0.717) is 25.0 Å². The van der Waals surface area contributed by atoms with Crippen LogP contribution in [0.25, 0.3) is 0 Å². The molecule has 0 saturated carbocycles. The van der Waals surface area contributed by atoms with Gasteiger partial charge in [0.25, 0.3) is 0 Å². The van der Waals surface area contributed by atoms with Crippen LogP contribution in [0.15, 0.2) is 60.7 Å². The third kappa shape index (κ3) is 7.49. The molecule has 0 bridgehead atoms. The maximum atomic E-state index is 9.99. The predicted molar refractivity (Wildman–Crippen MR) is 89.2 cm³/mol. The molecule has 0 aromatic heterocycles. The maximum absolute atomic E-state index is 9.99. The van der Waals surface area contributed by atoms with Gasteiger partial charge in [0, 0.05) is 11.8 Å². The number of aliphatic hydroxyl groups is 1. The fourth-order valence-electron chi connectivity index (χ4n) is 1.67. The van der Waals surface area contributed by atoms with Gasteiger partial charge >= 0.3 is 0 Å². The van der Waals surface area contributed by atoms with E-state index in [4.69, 9.17) is 27.9 Å². The number of aliphatic hydroxyl groups excluding tert-OH is 1. The highest BCUT2D eigenvalue weighted by Crippen LogP contribution is 2.20. The molecule has 0 radical (unpaired) electrons. The van der Waals surface area contributed by atoms with Crippen molar-refractivity contribution in [3.05, 3.63) is 71.8 Å². The van der Waals surface area contributed by atoms with Gasteiger partial charge in [-0.1, -0.05) is 60.7 Å². The van der Waals surface area contributed by atoms with Crippen LogP contribution in [0, 0.1) is 0 Å². The van der Waals surface area contributed by atoms with Crippen LogP contribution in [0.4, 0.5) is 0 Å². The predicted octanol–water partition coefficient (Wildman–Crippen LogP) is 4.25. The SMILES string of the molecule is ClCCOCCCl.OC(c1ccccc1)c1ccccc1. The average Bonchev–Trinajstić information content (AvgIpc) is 2.57. The summed E-state index contributed by atoms with van der Waals surface area (Å²) < 4.78 is 4.87. The molecule has 0 fully saturated rings. The topological polar surface area (TPSA) is 29.5 Å². The number of halogens is 2. The lowest BCUT2D eigenvalue weighted by atomic mass is 10.0. The Morgan fingerprint density at radius 2 is 1.14 bits per heavy atom. The summed E-state index contributed by atoms with van der Waals surface area (Å²) in [6.07, 6.45) is -0.516. The Kier molecular flexibility index (Phi) is 9.92. The molecule has 0 unspecified atom stereocenters. The van der Waals surface area contributed by atoms with Gasteiger partial charge in [0.2, 0.25) is 0 Å². The third-order valence-corrected chi connectivity index (χ3v) is 2.98. The van der Waals surface area contributed by atoms with E-state index >= 15 is 0 Å². The molecule has 0 amide bonds. The molecule has 0 aliphatic rings. The van der Waals surface area contributed by atoms with Crippen molar-refractivity contribution in [1.82, 2.24) is 0 Å². The van der Waals surface area contributed by atoms with Crippen LogP contribution in [-0.2, 0) is 4.74 Å². The van der Waals surface area contributed by atoms with Gasteiger partial charge in [0.05, 0.1) is 13.2 Å². The first kappa shape index (κ1) is 18.0. The van der Waals surface area contributed by atoms with Crippen molar-refractivity contribution in [2.75, 3.05) is 25.0 Å². The first-order valence-corrected chi connectivity index (χ1v) is 7.84. The molecule has 1 N–H and O–H groups in total. The summed E-state index contributed by atoms with van der Waals surface area (Å²) in [6, 6.07) is 19.3. The van der Waals surface area contributed by atoms with Crippen molar-refractivity contribution in [3.8, 4) is 0 Å². The third-order valence-electron chi connectivity index (χ3n) is 2.67. The minimum atomic E-state index is -0.516.